The molecular weight excluding hydrogens is 176 g/mol. The van der Waals surface area contributed by atoms with Gasteiger partial charge in [-0.05, 0) is 40.8 Å². The lowest BCUT2D eigenvalue weighted by Gasteiger charge is -2.03. The van der Waals surface area contributed by atoms with Gasteiger partial charge in [-0.2, -0.15) is 0 Å². The van der Waals surface area contributed by atoms with Crippen molar-refractivity contribution in [1.29, 1.82) is 0 Å². The molecule has 1 heteroatoms. The first-order valence-electron chi connectivity index (χ1n) is 4.59. The summed E-state index contributed by atoms with van der Waals surface area (Å²) in [6.07, 6.45) is 2.35. The monoisotopic (exact) mass is 186 g/mol. The molecule has 0 heterocycles. The van der Waals surface area contributed by atoms with Gasteiger partial charge in [0.25, 0.3) is 0 Å². The number of aryl methyl sites for hydroxylation is 2. The minimum absolute atomic E-state index is 1.15. The molecule has 13 heavy (non-hydrogen) atoms. The maximum Gasteiger partial charge on any atom is 0.00786 e. The Hall–Kier alpha value is -0.950. The molecule has 0 fully saturated rings. The summed E-state index contributed by atoms with van der Waals surface area (Å²) in [6.45, 7) is 0. The summed E-state index contributed by atoms with van der Waals surface area (Å²) in [5, 5.41) is 2.82. The standard InChI is InChI=1S/C12H10S/c13-11-7-5-9-3-1-2-8-4-6-10(11)12(8)9/h1-3,5,7,13H,4,6H2. The molecule has 0 unspecified atom stereocenters. The zero-order valence-electron chi connectivity index (χ0n) is 7.25. The van der Waals surface area contributed by atoms with Gasteiger partial charge >= 0.3 is 0 Å². The second-order valence-electron chi connectivity index (χ2n) is 3.58. The van der Waals surface area contributed by atoms with Crippen molar-refractivity contribution in [3.8, 4) is 0 Å². The van der Waals surface area contributed by atoms with E-state index in [1.54, 1.807) is 0 Å². The molecule has 2 aromatic rings. The lowest BCUT2D eigenvalue weighted by Crippen LogP contribution is -1.80. The van der Waals surface area contributed by atoms with E-state index in [0.29, 0.717) is 0 Å². The van der Waals surface area contributed by atoms with E-state index in [9.17, 15) is 0 Å². The molecule has 0 spiro atoms. The SMILES string of the molecule is Sc1ccc2cccc3c2c1CC3. The van der Waals surface area contributed by atoms with Crippen molar-refractivity contribution in [2.75, 3.05) is 0 Å². The third-order valence-electron chi connectivity index (χ3n) is 2.86. The summed E-state index contributed by atoms with van der Waals surface area (Å²) < 4.78 is 0. The Morgan fingerprint density at radius 1 is 1.00 bits per heavy atom. The van der Waals surface area contributed by atoms with Gasteiger partial charge in [0, 0.05) is 4.90 Å². The van der Waals surface area contributed by atoms with E-state index in [-0.39, 0.29) is 0 Å². The summed E-state index contributed by atoms with van der Waals surface area (Å²) in [4.78, 5) is 1.15. The molecule has 0 radical (unpaired) electrons. The highest BCUT2D eigenvalue weighted by atomic mass is 32.1. The number of hydrogen-bond acceptors (Lipinski definition) is 1. The zero-order valence-corrected chi connectivity index (χ0v) is 8.14. The lowest BCUT2D eigenvalue weighted by atomic mass is 10.1. The fourth-order valence-corrected chi connectivity index (χ4v) is 2.54. The summed E-state index contributed by atoms with van der Waals surface area (Å²) in [7, 11) is 0. The number of rotatable bonds is 0. The topological polar surface area (TPSA) is 0 Å². The summed E-state index contributed by atoms with van der Waals surface area (Å²) in [5.74, 6) is 0. The van der Waals surface area contributed by atoms with Crippen molar-refractivity contribution >= 4 is 23.4 Å². The highest BCUT2D eigenvalue weighted by Gasteiger charge is 2.15. The Bertz CT molecular complexity index is 486. The van der Waals surface area contributed by atoms with E-state index in [2.05, 4.69) is 43.0 Å². The molecule has 0 bridgehead atoms. The van der Waals surface area contributed by atoms with Gasteiger partial charge in [-0.1, -0.05) is 24.3 Å². The first-order valence-corrected chi connectivity index (χ1v) is 5.03. The Labute approximate surface area is 83.0 Å². The van der Waals surface area contributed by atoms with Crippen LogP contribution in [0.3, 0.4) is 0 Å². The minimum Gasteiger partial charge on any atom is -0.143 e. The van der Waals surface area contributed by atoms with Crippen molar-refractivity contribution in [2.24, 2.45) is 0 Å². The third kappa shape index (κ3) is 0.939. The van der Waals surface area contributed by atoms with Crippen LogP contribution < -0.4 is 0 Å². The highest BCUT2D eigenvalue weighted by molar-refractivity contribution is 7.80. The van der Waals surface area contributed by atoms with Crippen LogP contribution in [-0.4, -0.2) is 0 Å². The number of benzene rings is 2. The van der Waals surface area contributed by atoms with E-state index >= 15 is 0 Å². The maximum absolute atomic E-state index is 4.49. The molecule has 0 amide bonds. The average molecular weight is 186 g/mol. The summed E-state index contributed by atoms with van der Waals surface area (Å²) >= 11 is 4.49. The number of hydrogen-bond donors (Lipinski definition) is 1. The second-order valence-corrected chi connectivity index (χ2v) is 4.06. The predicted octanol–water partition coefficient (Wildman–Crippen LogP) is 3.23. The molecule has 0 aromatic heterocycles. The molecule has 1 aliphatic carbocycles. The van der Waals surface area contributed by atoms with E-state index in [1.165, 1.54) is 28.3 Å². The fourth-order valence-electron chi connectivity index (χ4n) is 2.25. The average Bonchev–Trinajstić information content (AvgIpc) is 2.57. The molecule has 2 aromatic carbocycles. The van der Waals surface area contributed by atoms with Crippen LogP contribution in [-0.2, 0) is 12.8 Å². The molecule has 64 valence electrons. The Morgan fingerprint density at radius 2 is 1.92 bits per heavy atom. The van der Waals surface area contributed by atoms with Gasteiger partial charge in [-0.3, -0.25) is 0 Å². The molecular formula is C12H10S. The third-order valence-corrected chi connectivity index (χ3v) is 3.28. The smallest absolute Gasteiger partial charge is 0.00786 e. The van der Waals surface area contributed by atoms with Crippen molar-refractivity contribution < 1.29 is 0 Å². The van der Waals surface area contributed by atoms with Crippen LogP contribution in [0.5, 0.6) is 0 Å². The molecule has 0 N–H and O–H groups in total. The first-order chi connectivity index (χ1) is 6.36. The zero-order chi connectivity index (χ0) is 8.84. The molecule has 3 rings (SSSR count). The molecule has 0 saturated carbocycles. The van der Waals surface area contributed by atoms with Crippen molar-refractivity contribution in [2.45, 2.75) is 17.7 Å². The first kappa shape index (κ1) is 7.45. The fraction of sp³-hybridized carbons (Fsp3) is 0.167. The largest absolute Gasteiger partial charge is 0.143 e. The van der Waals surface area contributed by atoms with Gasteiger partial charge in [0.15, 0.2) is 0 Å². The Morgan fingerprint density at radius 3 is 2.85 bits per heavy atom. The van der Waals surface area contributed by atoms with Crippen LogP contribution in [0.2, 0.25) is 0 Å². The van der Waals surface area contributed by atoms with E-state index in [0.717, 1.165) is 11.3 Å². The molecule has 0 saturated heterocycles. The second kappa shape index (κ2) is 2.52. The van der Waals surface area contributed by atoms with Gasteiger partial charge in [0.2, 0.25) is 0 Å². The molecule has 0 nitrogen and oxygen atoms in total. The van der Waals surface area contributed by atoms with Crippen LogP contribution in [0, 0.1) is 0 Å². The van der Waals surface area contributed by atoms with Crippen LogP contribution in [0.1, 0.15) is 11.1 Å². The van der Waals surface area contributed by atoms with Crippen LogP contribution in [0.15, 0.2) is 35.2 Å². The predicted molar refractivity (Wildman–Crippen MR) is 58.6 cm³/mol. The maximum atomic E-state index is 4.49. The quantitative estimate of drug-likeness (QED) is 0.600. The summed E-state index contributed by atoms with van der Waals surface area (Å²) in [6, 6.07) is 10.8. The normalized spacial score (nSPS) is 13.9. The van der Waals surface area contributed by atoms with Crippen molar-refractivity contribution in [3.63, 3.8) is 0 Å². The van der Waals surface area contributed by atoms with Crippen LogP contribution in [0.4, 0.5) is 0 Å². The van der Waals surface area contributed by atoms with Crippen LogP contribution in [0.25, 0.3) is 10.8 Å². The van der Waals surface area contributed by atoms with Crippen molar-refractivity contribution in [3.05, 3.63) is 41.5 Å². The molecule has 0 atom stereocenters. The highest BCUT2D eigenvalue weighted by Crippen LogP contribution is 2.34. The van der Waals surface area contributed by atoms with E-state index in [4.69, 9.17) is 0 Å². The van der Waals surface area contributed by atoms with Gasteiger partial charge in [-0.15, -0.1) is 12.6 Å². The van der Waals surface area contributed by atoms with Gasteiger partial charge in [0.05, 0.1) is 0 Å². The summed E-state index contributed by atoms with van der Waals surface area (Å²) in [5.41, 5.74) is 2.93. The Kier molecular flexibility index (Phi) is 1.44. The molecule has 0 aliphatic heterocycles. The number of thiol groups is 1. The van der Waals surface area contributed by atoms with Gasteiger partial charge in [-0.25, -0.2) is 0 Å². The van der Waals surface area contributed by atoms with E-state index < -0.39 is 0 Å². The molecule has 1 aliphatic rings. The lowest BCUT2D eigenvalue weighted by molar-refractivity contribution is 1.00. The van der Waals surface area contributed by atoms with Gasteiger partial charge in [0.1, 0.15) is 0 Å². The van der Waals surface area contributed by atoms with Gasteiger partial charge < -0.3 is 0 Å². The minimum atomic E-state index is 1.15. The Balaban J connectivity index is 2.56. The van der Waals surface area contributed by atoms with E-state index in [1.807, 2.05) is 0 Å². The van der Waals surface area contributed by atoms with Crippen LogP contribution >= 0.6 is 12.6 Å². The van der Waals surface area contributed by atoms with Crippen molar-refractivity contribution in [1.82, 2.24) is 0 Å².